The maximum absolute atomic E-state index is 13.4. The monoisotopic (exact) mass is 326 g/mol. The number of halogens is 1. The molecule has 124 valence electrons. The van der Waals surface area contributed by atoms with E-state index < -0.39 is 5.92 Å². The Morgan fingerprint density at radius 2 is 2.00 bits per heavy atom. The van der Waals surface area contributed by atoms with Gasteiger partial charge in [0.2, 0.25) is 11.8 Å². The van der Waals surface area contributed by atoms with Crippen LogP contribution in [-0.2, 0) is 9.59 Å². The van der Waals surface area contributed by atoms with Gasteiger partial charge < -0.3 is 10.2 Å². The molecule has 4 nitrogen and oxygen atoms in total. The number of hydrogen-bond donors (Lipinski definition) is 1. The molecule has 1 fully saturated rings. The summed E-state index contributed by atoms with van der Waals surface area (Å²) in [5.74, 6) is -1.56. The van der Waals surface area contributed by atoms with E-state index in [1.807, 2.05) is 25.1 Å². The minimum atomic E-state index is -0.712. The van der Waals surface area contributed by atoms with E-state index in [1.165, 1.54) is 6.07 Å². The Balaban J connectivity index is 1.73. The molecule has 1 aliphatic heterocycles. The van der Waals surface area contributed by atoms with E-state index in [1.54, 1.807) is 30.0 Å². The van der Waals surface area contributed by atoms with E-state index in [4.69, 9.17) is 0 Å². The smallest absolute Gasteiger partial charge is 0.239 e. The number of anilines is 2. The predicted octanol–water partition coefficient (Wildman–Crippen LogP) is 3.43. The molecule has 0 aliphatic carbocycles. The molecular formula is C19H19FN2O2. The first kappa shape index (κ1) is 16.2. The minimum absolute atomic E-state index is 0.244. The van der Waals surface area contributed by atoms with Gasteiger partial charge in [-0.3, -0.25) is 9.59 Å². The van der Waals surface area contributed by atoms with Crippen molar-refractivity contribution in [2.75, 3.05) is 16.8 Å². The van der Waals surface area contributed by atoms with Crippen molar-refractivity contribution in [3.05, 3.63) is 59.4 Å². The molecule has 1 unspecified atom stereocenters. The van der Waals surface area contributed by atoms with Crippen molar-refractivity contribution in [2.24, 2.45) is 5.92 Å². The SMILES string of the molecule is Cc1cccc(NC(=O)C2CCN(c3ccc(F)c(C)c3)C2=O)c1. The van der Waals surface area contributed by atoms with Gasteiger partial charge in [-0.05, 0) is 61.7 Å². The lowest BCUT2D eigenvalue weighted by atomic mass is 10.1. The Labute approximate surface area is 140 Å². The lowest BCUT2D eigenvalue weighted by molar-refractivity contribution is -0.129. The van der Waals surface area contributed by atoms with Gasteiger partial charge in [-0.1, -0.05) is 12.1 Å². The molecule has 2 aromatic carbocycles. The Morgan fingerprint density at radius 1 is 1.21 bits per heavy atom. The molecule has 0 aromatic heterocycles. The average Bonchev–Trinajstić information content (AvgIpc) is 2.92. The van der Waals surface area contributed by atoms with Crippen LogP contribution in [0.2, 0.25) is 0 Å². The highest BCUT2D eigenvalue weighted by atomic mass is 19.1. The Morgan fingerprint density at radius 3 is 2.71 bits per heavy atom. The lowest BCUT2D eigenvalue weighted by Crippen LogP contribution is -2.33. The average molecular weight is 326 g/mol. The van der Waals surface area contributed by atoms with E-state index in [-0.39, 0.29) is 17.6 Å². The highest BCUT2D eigenvalue weighted by Crippen LogP contribution is 2.27. The highest BCUT2D eigenvalue weighted by Gasteiger charge is 2.37. The molecule has 2 amide bonds. The molecule has 0 bridgehead atoms. The Kier molecular flexibility index (Phi) is 4.34. The summed E-state index contributed by atoms with van der Waals surface area (Å²) in [6.07, 6.45) is 0.451. The molecule has 1 atom stereocenters. The van der Waals surface area contributed by atoms with Gasteiger partial charge in [0.15, 0.2) is 0 Å². The summed E-state index contributed by atoms with van der Waals surface area (Å²) in [7, 11) is 0. The summed E-state index contributed by atoms with van der Waals surface area (Å²) in [6, 6.07) is 12.0. The minimum Gasteiger partial charge on any atom is -0.325 e. The standard InChI is InChI=1S/C19H19FN2O2/c1-12-4-3-5-14(10-12)21-18(23)16-8-9-22(19(16)24)15-6-7-17(20)13(2)11-15/h3-7,10-11,16H,8-9H2,1-2H3,(H,21,23). The van der Waals surface area contributed by atoms with E-state index in [9.17, 15) is 14.0 Å². The number of nitrogens with zero attached hydrogens (tertiary/aromatic N) is 1. The highest BCUT2D eigenvalue weighted by molar-refractivity contribution is 6.13. The van der Waals surface area contributed by atoms with Crippen LogP contribution < -0.4 is 10.2 Å². The normalized spacial score (nSPS) is 17.2. The number of aryl methyl sites for hydroxylation is 2. The van der Waals surface area contributed by atoms with Gasteiger partial charge in [0, 0.05) is 17.9 Å². The number of benzene rings is 2. The third-order valence-electron chi connectivity index (χ3n) is 4.26. The van der Waals surface area contributed by atoms with Gasteiger partial charge in [0.25, 0.3) is 0 Å². The first-order valence-corrected chi connectivity index (χ1v) is 7.91. The number of hydrogen-bond acceptors (Lipinski definition) is 2. The van der Waals surface area contributed by atoms with Crippen LogP contribution >= 0.6 is 0 Å². The summed E-state index contributed by atoms with van der Waals surface area (Å²) in [5, 5.41) is 2.80. The van der Waals surface area contributed by atoms with Crippen LogP contribution in [0.1, 0.15) is 17.5 Å². The molecule has 1 aliphatic rings. The molecule has 0 saturated carbocycles. The second-order valence-corrected chi connectivity index (χ2v) is 6.12. The van der Waals surface area contributed by atoms with Crippen LogP contribution in [0.5, 0.6) is 0 Å². The molecule has 0 radical (unpaired) electrons. The molecule has 0 spiro atoms. The maximum Gasteiger partial charge on any atom is 0.239 e. The van der Waals surface area contributed by atoms with Crippen LogP contribution in [0.15, 0.2) is 42.5 Å². The Hall–Kier alpha value is -2.69. The summed E-state index contributed by atoms with van der Waals surface area (Å²) >= 11 is 0. The molecular weight excluding hydrogens is 307 g/mol. The van der Waals surface area contributed by atoms with Crippen LogP contribution in [0.25, 0.3) is 0 Å². The fourth-order valence-electron chi connectivity index (χ4n) is 2.93. The third-order valence-corrected chi connectivity index (χ3v) is 4.26. The van der Waals surface area contributed by atoms with Gasteiger partial charge in [-0.2, -0.15) is 0 Å². The first-order chi connectivity index (χ1) is 11.5. The fourth-order valence-corrected chi connectivity index (χ4v) is 2.93. The number of amides is 2. The lowest BCUT2D eigenvalue weighted by Gasteiger charge is -2.17. The van der Waals surface area contributed by atoms with Crippen molar-refractivity contribution < 1.29 is 14.0 Å². The summed E-state index contributed by atoms with van der Waals surface area (Å²) in [5.41, 5.74) is 2.83. The summed E-state index contributed by atoms with van der Waals surface area (Å²) < 4.78 is 13.4. The second kappa shape index (κ2) is 6.43. The number of rotatable bonds is 3. The molecule has 2 aromatic rings. The van der Waals surface area contributed by atoms with Crippen LogP contribution in [0, 0.1) is 25.6 Å². The zero-order chi connectivity index (χ0) is 17.3. The zero-order valence-corrected chi connectivity index (χ0v) is 13.7. The van der Waals surface area contributed by atoms with Crippen molar-refractivity contribution in [3.63, 3.8) is 0 Å². The van der Waals surface area contributed by atoms with Crippen molar-refractivity contribution in [2.45, 2.75) is 20.3 Å². The molecule has 3 rings (SSSR count). The number of carbonyl (C=O) groups is 2. The van der Waals surface area contributed by atoms with Crippen molar-refractivity contribution >= 4 is 23.2 Å². The fraction of sp³-hybridized carbons (Fsp3) is 0.263. The van der Waals surface area contributed by atoms with Crippen molar-refractivity contribution in [1.29, 1.82) is 0 Å². The van der Waals surface area contributed by atoms with Crippen LogP contribution in [0.4, 0.5) is 15.8 Å². The Bertz CT molecular complexity index is 804. The number of nitrogens with one attached hydrogen (secondary N) is 1. The predicted molar refractivity (Wildman–Crippen MR) is 91.4 cm³/mol. The van der Waals surface area contributed by atoms with E-state index in [0.717, 1.165) is 5.56 Å². The zero-order valence-electron chi connectivity index (χ0n) is 13.7. The third kappa shape index (κ3) is 3.15. The van der Waals surface area contributed by atoms with Gasteiger partial charge in [-0.15, -0.1) is 0 Å². The van der Waals surface area contributed by atoms with Crippen LogP contribution in [0.3, 0.4) is 0 Å². The van der Waals surface area contributed by atoms with Crippen molar-refractivity contribution in [3.8, 4) is 0 Å². The number of carbonyl (C=O) groups excluding carboxylic acids is 2. The van der Waals surface area contributed by atoms with Crippen LogP contribution in [-0.4, -0.2) is 18.4 Å². The van der Waals surface area contributed by atoms with Gasteiger partial charge in [0.1, 0.15) is 11.7 Å². The molecule has 5 heteroatoms. The topological polar surface area (TPSA) is 49.4 Å². The largest absolute Gasteiger partial charge is 0.325 e. The van der Waals surface area contributed by atoms with E-state index in [2.05, 4.69) is 5.32 Å². The van der Waals surface area contributed by atoms with Gasteiger partial charge in [-0.25, -0.2) is 4.39 Å². The van der Waals surface area contributed by atoms with E-state index >= 15 is 0 Å². The quantitative estimate of drug-likeness (QED) is 0.879. The van der Waals surface area contributed by atoms with Crippen molar-refractivity contribution in [1.82, 2.24) is 0 Å². The summed E-state index contributed by atoms with van der Waals surface area (Å²) in [6.45, 7) is 4.05. The summed E-state index contributed by atoms with van der Waals surface area (Å²) in [4.78, 5) is 26.5. The molecule has 1 saturated heterocycles. The maximum atomic E-state index is 13.4. The van der Waals surface area contributed by atoms with Gasteiger partial charge >= 0.3 is 0 Å². The second-order valence-electron chi connectivity index (χ2n) is 6.12. The molecule has 24 heavy (non-hydrogen) atoms. The molecule has 1 N–H and O–H groups in total. The first-order valence-electron chi connectivity index (χ1n) is 7.91. The molecule has 1 heterocycles. The van der Waals surface area contributed by atoms with E-state index in [0.29, 0.717) is 29.9 Å². The van der Waals surface area contributed by atoms with Gasteiger partial charge in [0.05, 0.1) is 0 Å².